The summed E-state index contributed by atoms with van der Waals surface area (Å²) in [5.74, 6) is 0.402. The van der Waals surface area contributed by atoms with E-state index < -0.39 is 0 Å². The molecule has 0 atom stereocenters. The summed E-state index contributed by atoms with van der Waals surface area (Å²) in [6.07, 6.45) is 1.85. The molecule has 0 aliphatic heterocycles. The normalized spacial score (nSPS) is 14.2. The molecule has 2 aromatic rings. The van der Waals surface area contributed by atoms with Crippen molar-refractivity contribution < 1.29 is 14.0 Å². The maximum atomic E-state index is 11.7. The minimum atomic E-state index is -0.251. The third kappa shape index (κ3) is 2.79. The minimum Gasteiger partial charge on any atom is -0.441 e. The van der Waals surface area contributed by atoms with Gasteiger partial charge in [0.15, 0.2) is 11.5 Å². The lowest BCUT2D eigenvalue weighted by Gasteiger charge is -2.06. The van der Waals surface area contributed by atoms with Crippen molar-refractivity contribution in [3.8, 4) is 0 Å². The molecule has 1 aromatic heterocycles. The Labute approximate surface area is 115 Å². The number of carbonyl (C=O) groups is 2. The van der Waals surface area contributed by atoms with Crippen LogP contribution in [-0.4, -0.2) is 23.3 Å². The second-order valence-corrected chi connectivity index (χ2v) is 4.96. The van der Waals surface area contributed by atoms with E-state index in [9.17, 15) is 9.59 Å². The van der Waals surface area contributed by atoms with Gasteiger partial charge in [-0.25, -0.2) is 4.98 Å². The van der Waals surface area contributed by atoms with Gasteiger partial charge < -0.3 is 15.1 Å². The van der Waals surface area contributed by atoms with Crippen molar-refractivity contribution in [2.75, 3.05) is 11.9 Å². The van der Waals surface area contributed by atoms with Crippen molar-refractivity contribution in [2.24, 2.45) is 5.92 Å². The fourth-order valence-electron chi connectivity index (χ4n) is 1.98. The standard InChI is InChI=1S/C14H15N3O3/c1-8-16-11-6-10(4-5-12(11)20-8)17-13(18)7-15-14(19)9-2-3-9/h4-6,9H,2-3,7H2,1H3,(H,15,19)(H,17,18). The number of oxazole rings is 1. The van der Waals surface area contributed by atoms with Gasteiger partial charge in [0.2, 0.25) is 11.8 Å². The molecule has 0 spiro atoms. The summed E-state index contributed by atoms with van der Waals surface area (Å²) < 4.78 is 5.36. The van der Waals surface area contributed by atoms with Crippen LogP contribution in [0.1, 0.15) is 18.7 Å². The van der Waals surface area contributed by atoms with Gasteiger partial charge in [-0.2, -0.15) is 0 Å². The first kappa shape index (κ1) is 12.7. The molecule has 0 radical (unpaired) electrons. The van der Waals surface area contributed by atoms with E-state index in [1.54, 1.807) is 25.1 Å². The molecular weight excluding hydrogens is 258 g/mol. The molecule has 1 aliphatic rings. The van der Waals surface area contributed by atoms with E-state index >= 15 is 0 Å². The second kappa shape index (κ2) is 4.96. The number of aromatic nitrogens is 1. The molecule has 2 N–H and O–H groups in total. The van der Waals surface area contributed by atoms with Crippen LogP contribution in [-0.2, 0) is 9.59 Å². The summed E-state index contributed by atoms with van der Waals surface area (Å²) >= 11 is 0. The molecule has 1 fully saturated rings. The number of fused-ring (bicyclic) bond motifs is 1. The molecule has 1 heterocycles. The molecule has 0 saturated heterocycles. The van der Waals surface area contributed by atoms with E-state index in [0.29, 0.717) is 22.7 Å². The first-order valence-electron chi connectivity index (χ1n) is 6.56. The molecule has 6 heteroatoms. The number of hydrogen-bond donors (Lipinski definition) is 2. The number of aryl methyl sites for hydroxylation is 1. The summed E-state index contributed by atoms with van der Waals surface area (Å²) in [4.78, 5) is 27.4. The lowest BCUT2D eigenvalue weighted by atomic mass is 10.3. The number of benzene rings is 1. The van der Waals surface area contributed by atoms with Gasteiger partial charge in [-0.15, -0.1) is 0 Å². The predicted octanol–water partition coefficient (Wildman–Crippen LogP) is 1.60. The first-order valence-corrected chi connectivity index (χ1v) is 6.56. The highest BCUT2D eigenvalue weighted by Crippen LogP contribution is 2.28. The maximum Gasteiger partial charge on any atom is 0.243 e. The van der Waals surface area contributed by atoms with Crippen LogP contribution in [0.3, 0.4) is 0 Å². The summed E-state index contributed by atoms with van der Waals surface area (Å²) in [7, 11) is 0. The third-order valence-corrected chi connectivity index (χ3v) is 3.15. The minimum absolute atomic E-state index is 0.00872. The van der Waals surface area contributed by atoms with Crippen molar-refractivity contribution >= 4 is 28.6 Å². The van der Waals surface area contributed by atoms with Crippen LogP contribution >= 0.6 is 0 Å². The zero-order chi connectivity index (χ0) is 14.1. The Balaban J connectivity index is 1.59. The van der Waals surface area contributed by atoms with Crippen molar-refractivity contribution in [1.82, 2.24) is 10.3 Å². The van der Waals surface area contributed by atoms with Crippen molar-refractivity contribution in [1.29, 1.82) is 0 Å². The Morgan fingerprint density at radius 2 is 2.20 bits per heavy atom. The predicted molar refractivity (Wildman–Crippen MR) is 73.1 cm³/mol. The summed E-state index contributed by atoms with van der Waals surface area (Å²) in [5.41, 5.74) is 2.02. The third-order valence-electron chi connectivity index (χ3n) is 3.15. The van der Waals surface area contributed by atoms with Crippen LogP contribution < -0.4 is 10.6 Å². The number of nitrogens with zero attached hydrogens (tertiary/aromatic N) is 1. The SMILES string of the molecule is Cc1nc2cc(NC(=O)CNC(=O)C3CC3)ccc2o1. The number of anilines is 1. The zero-order valence-electron chi connectivity index (χ0n) is 11.1. The van der Waals surface area contributed by atoms with Crippen molar-refractivity contribution in [3.05, 3.63) is 24.1 Å². The van der Waals surface area contributed by atoms with E-state index in [2.05, 4.69) is 15.6 Å². The van der Waals surface area contributed by atoms with E-state index in [0.717, 1.165) is 12.8 Å². The van der Waals surface area contributed by atoms with Crippen LogP contribution in [0.5, 0.6) is 0 Å². The fourth-order valence-corrected chi connectivity index (χ4v) is 1.98. The lowest BCUT2D eigenvalue weighted by molar-refractivity contribution is -0.125. The van der Waals surface area contributed by atoms with E-state index in [1.807, 2.05) is 0 Å². The monoisotopic (exact) mass is 273 g/mol. The molecule has 1 aromatic carbocycles. The van der Waals surface area contributed by atoms with E-state index in [1.165, 1.54) is 0 Å². The topological polar surface area (TPSA) is 84.2 Å². The van der Waals surface area contributed by atoms with Gasteiger partial charge in [-0.1, -0.05) is 0 Å². The van der Waals surface area contributed by atoms with Gasteiger partial charge in [-0.3, -0.25) is 9.59 Å². The van der Waals surface area contributed by atoms with Crippen LogP contribution in [0, 0.1) is 12.8 Å². The molecule has 0 bridgehead atoms. The van der Waals surface area contributed by atoms with Crippen LogP contribution in [0.15, 0.2) is 22.6 Å². The zero-order valence-corrected chi connectivity index (χ0v) is 11.1. The number of hydrogen-bond acceptors (Lipinski definition) is 4. The second-order valence-electron chi connectivity index (χ2n) is 4.96. The van der Waals surface area contributed by atoms with Crippen LogP contribution in [0.2, 0.25) is 0 Å². The number of nitrogens with one attached hydrogen (secondary N) is 2. The Morgan fingerprint density at radius 1 is 1.40 bits per heavy atom. The van der Waals surface area contributed by atoms with Gasteiger partial charge >= 0.3 is 0 Å². The van der Waals surface area contributed by atoms with E-state index in [4.69, 9.17) is 4.42 Å². The quantitative estimate of drug-likeness (QED) is 0.886. The number of rotatable bonds is 4. The van der Waals surface area contributed by atoms with Gasteiger partial charge in [0.05, 0.1) is 6.54 Å². The molecule has 6 nitrogen and oxygen atoms in total. The lowest BCUT2D eigenvalue weighted by Crippen LogP contribution is -2.33. The van der Waals surface area contributed by atoms with Gasteiger partial charge in [0.25, 0.3) is 0 Å². The van der Waals surface area contributed by atoms with Crippen LogP contribution in [0.25, 0.3) is 11.1 Å². The Hall–Kier alpha value is -2.37. The molecule has 0 unspecified atom stereocenters. The number of carbonyl (C=O) groups excluding carboxylic acids is 2. The van der Waals surface area contributed by atoms with E-state index in [-0.39, 0.29) is 24.3 Å². The van der Waals surface area contributed by atoms with Crippen LogP contribution in [0.4, 0.5) is 5.69 Å². The molecular formula is C14H15N3O3. The smallest absolute Gasteiger partial charge is 0.243 e. The molecule has 3 rings (SSSR count). The summed E-state index contributed by atoms with van der Waals surface area (Å²) in [5, 5.41) is 5.34. The first-order chi connectivity index (χ1) is 9.61. The van der Waals surface area contributed by atoms with Gasteiger partial charge in [0.1, 0.15) is 5.52 Å². The highest BCUT2D eigenvalue weighted by molar-refractivity contribution is 5.96. The molecule has 2 amide bonds. The summed E-state index contributed by atoms with van der Waals surface area (Å²) in [6.45, 7) is 1.76. The Morgan fingerprint density at radius 3 is 2.95 bits per heavy atom. The van der Waals surface area contributed by atoms with Crippen molar-refractivity contribution in [2.45, 2.75) is 19.8 Å². The average molecular weight is 273 g/mol. The maximum absolute atomic E-state index is 11.7. The van der Waals surface area contributed by atoms with Crippen molar-refractivity contribution in [3.63, 3.8) is 0 Å². The molecule has 104 valence electrons. The molecule has 20 heavy (non-hydrogen) atoms. The Kier molecular flexibility index (Phi) is 3.14. The Bertz CT molecular complexity index is 673. The average Bonchev–Trinajstić information content (AvgIpc) is 3.18. The summed E-state index contributed by atoms with van der Waals surface area (Å²) in [6, 6.07) is 5.24. The highest BCUT2D eigenvalue weighted by atomic mass is 16.3. The van der Waals surface area contributed by atoms with Gasteiger partial charge in [0, 0.05) is 18.5 Å². The van der Waals surface area contributed by atoms with Gasteiger partial charge in [-0.05, 0) is 31.0 Å². The fraction of sp³-hybridized carbons (Fsp3) is 0.357. The number of amides is 2. The highest BCUT2D eigenvalue weighted by Gasteiger charge is 2.29. The molecule has 1 saturated carbocycles. The largest absolute Gasteiger partial charge is 0.441 e. The molecule has 1 aliphatic carbocycles.